The highest BCUT2D eigenvalue weighted by molar-refractivity contribution is 7.92. The van der Waals surface area contributed by atoms with Crippen LogP contribution in [-0.4, -0.2) is 27.3 Å². The van der Waals surface area contributed by atoms with E-state index in [-0.39, 0.29) is 17.1 Å². The second-order valence-corrected chi connectivity index (χ2v) is 8.57. The van der Waals surface area contributed by atoms with Gasteiger partial charge >= 0.3 is 0 Å². The Morgan fingerprint density at radius 1 is 1.30 bits per heavy atom. The molecule has 0 bridgehead atoms. The van der Waals surface area contributed by atoms with Gasteiger partial charge in [0.05, 0.1) is 11.4 Å². The van der Waals surface area contributed by atoms with Gasteiger partial charge in [-0.1, -0.05) is 39.0 Å². The summed E-state index contributed by atoms with van der Waals surface area (Å²) in [5.41, 5.74) is 7.34. The molecule has 2 N–H and O–H groups in total. The topological polar surface area (TPSA) is 63.4 Å². The van der Waals surface area contributed by atoms with Gasteiger partial charge in [0.15, 0.2) is 0 Å². The zero-order valence-electron chi connectivity index (χ0n) is 12.5. The Bertz CT molecular complexity index is 576. The number of nitrogens with zero attached hydrogens (tertiary/aromatic N) is 1. The van der Waals surface area contributed by atoms with Crippen molar-refractivity contribution in [1.82, 2.24) is 0 Å². The van der Waals surface area contributed by atoms with Crippen LogP contribution in [0.25, 0.3) is 0 Å². The van der Waals surface area contributed by atoms with Crippen molar-refractivity contribution in [1.29, 1.82) is 0 Å². The van der Waals surface area contributed by atoms with E-state index < -0.39 is 10.0 Å². The molecule has 1 unspecified atom stereocenters. The molecule has 0 radical (unpaired) electrons. The SMILES string of the molecule is CC(C)(C)CS(=O)(=O)N1CC(CCN)c2ccccc21. The predicted molar refractivity (Wildman–Crippen MR) is 83.4 cm³/mol. The highest BCUT2D eigenvalue weighted by Gasteiger charge is 2.36. The Kier molecular flexibility index (Phi) is 4.12. The Hall–Kier alpha value is -1.07. The van der Waals surface area contributed by atoms with Crippen LogP contribution in [0.1, 0.15) is 38.7 Å². The summed E-state index contributed by atoms with van der Waals surface area (Å²) in [5, 5.41) is 0. The third-order valence-corrected chi connectivity index (χ3v) is 5.75. The maximum atomic E-state index is 12.7. The van der Waals surface area contributed by atoms with E-state index in [2.05, 4.69) is 0 Å². The molecule has 0 aliphatic carbocycles. The molecule has 1 heterocycles. The molecule has 4 nitrogen and oxygen atoms in total. The molecule has 0 fully saturated rings. The average molecular weight is 296 g/mol. The van der Waals surface area contributed by atoms with Crippen molar-refractivity contribution in [2.24, 2.45) is 11.1 Å². The Morgan fingerprint density at radius 2 is 1.95 bits per heavy atom. The summed E-state index contributed by atoms with van der Waals surface area (Å²) in [6.07, 6.45) is 0.818. The summed E-state index contributed by atoms with van der Waals surface area (Å²) in [6.45, 7) is 6.94. The molecular formula is C15H24N2O2S. The van der Waals surface area contributed by atoms with Crippen LogP contribution in [0.5, 0.6) is 0 Å². The van der Waals surface area contributed by atoms with Gasteiger partial charge in [0, 0.05) is 12.5 Å². The molecule has 1 aromatic carbocycles. The molecule has 0 amide bonds. The standard InChI is InChI=1S/C15H24N2O2S/c1-15(2,3)11-20(18,19)17-10-12(8-9-16)13-6-4-5-7-14(13)17/h4-7,12H,8-11,16H2,1-3H3. The maximum Gasteiger partial charge on any atom is 0.235 e. The second-order valence-electron chi connectivity index (χ2n) is 6.68. The van der Waals surface area contributed by atoms with Gasteiger partial charge in [0.1, 0.15) is 0 Å². The van der Waals surface area contributed by atoms with Crippen LogP contribution < -0.4 is 10.0 Å². The molecule has 20 heavy (non-hydrogen) atoms. The number of anilines is 1. The van der Waals surface area contributed by atoms with Gasteiger partial charge < -0.3 is 5.73 Å². The first-order chi connectivity index (χ1) is 9.24. The number of nitrogens with two attached hydrogens (primary N) is 1. The summed E-state index contributed by atoms with van der Waals surface area (Å²) in [5.74, 6) is 0.370. The Balaban J connectivity index is 2.35. The molecule has 1 aromatic rings. The lowest BCUT2D eigenvalue weighted by Crippen LogP contribution is -2.36. The van der Waals surface area contributed by atoms with E-state index in [0.717, 1.165) is 17.7 Å². The molecular weight excluding hydrogens is 272 g/mol. The van der Waals surface area contributed by atoms with Gasteiger partial charge in [-0.15, -0.1) is 0 Å². The van der Waals surface area contributed by atoms with Crippen molar-refractivity contribution in [2.45, 2.75) is 33.1 Å². The molecule has 0 spiro atoms. The lowest BCUT2D eigenvalue weighted by Gasteiger charge is -2.25. The van der Waals surface area contributed by atoms with E-state index in [9.17, 15) is 8.42 Å². The number of hydrogen-bond acceptors (Lipinski definition) is 3. The number of fused-ring (bicyclic) bond motifs is 1. The minimum absolute atomic E-state index is 0.156. The quantitative estimate of drug-likeness (QED) is 0.927. The van der Waals surface area contributed by atoms with Gasteiger partial charge in [-0.2, -0.15) is 0 Å². The minimum Gasteiger partial charge on any atom is -0.330 e. The van der Waals surface area contributed by atoms with Crippen LogP contribution in [0, 0.1) is 5.41 Å². The highest BCUT2D eigenvalue weighted by Crippen LogP contribution is 2.40. The lowest BCUT2D eigenvalue weighted by atomic mass is 9.98. The van der Waals surface area contributed by atoms with Gasteiger partial charge in [-0.25, -0.2) is 8.42 Å². The zero-order chi connectivity index (χ0) is 15.0. The van der Waals surface area contributed by atoms with Crippen molar-refractivity contribution in [2.75, 3.05) is 23.1 Å². The summed E-state index contributed by atoms with van der Waals surface area (Å²) >= 11 is 0. The van der Waals surface area contributed by atoms with E-state index in [1.165, 1.54) is 0 Å². The molecule has 0 saturated heterocycles. The number of sulfonamides is 1. The van der Waals surface area contributed by atoms with Crippen molar-refractivity contribution in [3.05, 3.63) is 29.8 Å². The summed E-state index contributed by atoms with van der Waals surface area (Å²) in [6, 6.07) is 7.76. The van der Waals surface area contributed by atoms with E-state index in [0.29, 0.717) is 13.1 Å². The summed E-state index contributed by atoms with van der Waals surface area (Å²) in [4.78, 5) is 0. The van der Waals surface area contributed by atoms with E-state index in [1.807, 2.05) is 45.0 Å². The number of para-hydroxylation sites is 1. The predicted octanol–water partition coefficient (Wildman–Crippen LogP) is 2.31. The summed E-state index contributed by atoms with van der Waals surface area (Å²) in [7, 11) is -3.29. The first-order valence-electron chi connectivity index (χ1n) is 7.04. The fraction of sp³-hybridized carbons (Fsp3) is 0.600. The number of benzene rings is 1. The molecule has 1 aliphatic heterocycles. The monoisotopic (exact) mass is 296 g/mol. The molecule has 2 rings (SSSR count). The second kappa shape index (κ2) is 5.37. The Morgan fingerprint density at radius 3 is 2.55 bits per heavy atom. The van der Waals surface area contributed by atoms with E-state index in [4.69, 9.17) is 5.73 Å². The Labute approximate surface area is 122 Å². The molecule has 0 saturated carbocycles. The fourth-order valence-corrected chi connectivity index (χ4v) is 4.92. The van der Waals surface area contributed by atoms with Crippen molar-refractivity contribution < 1.29 is 8.42 Å². The lowest BCUT2D eigenvalue weighted by molar-refractivity contribution is 0.460. The third-order valence-electron chi connectivity index (χ3n) is 3.50. The molecule has 1 aliphatic rings. The molecule has 0 aromatic heterocycles. The third kappa shape index (κ3) is 3.15. The van der Waals surface area contributed by atoms with Gasteiger partial charge in [-0.05, 0) is 30.0 Å². The van der Waals surface area contributed by atoms with Crippen LogP contribution >= 0.6 is 0 Å². The maximum absolute atomic E-state index is 12.7. The smallest absolute Gasteiger partial charge is 0.235 e. The van der Waals surface area contributed by atoms with E-state index >= 15 is 0 Å². The van der Waals surface area contributed by atoms with Crippen molar-refractivity contribution >= 4 is 15.7 Å². The first-order valence-corrected chi connectivity index (χ1v) is 8.65. The van der Waals surface area contributed by atoms with Crippen LogP contribution in [0.3, 0.4) is 0 Å². The van der Waals surface area contributed by atoms with E-state index in [1.54, 1.807) is 4.31 Å². The largest absolute Gasteiger partial charge is 0.330 e. The normalized spacial score (nSPS) is 19.2. The molecule has 1 atom stereocenters. The first kappa shape index (κ1) is 15.3. The van der Waals surface area contributed by atoms with Gasteiger partial charge in [0.2, 0.25) is 10.0 Å². The minimum atomic E-state index is -3.29. The number of rotatable bonds is 4. The fourth-order valence-electron chi connectivity index (χ4n) is 2.79. The molecule has 112 valence electrons. The van der Waals surface area contributed by atoms with Crippen LogP contribution in [-0.2, 0) is 10.0 Å². The van der Waals surface area contributed by atoms with Crippen molar-refractivity contribution in [3.8, 4) is 0 Å². The van der Waals surface area contributed by atoms with Crippen LogP contribution in [0.4, 0.5) is 5.69 Å². The van der Waals surface area contributed by atoms with Gasteiger partial charge in [-0.3, -0.25) is 4.31 Å². The average Bonchev–Trinajstić information content (AvgIpc) is 2.67. The molecule has 5 heteroatoms. The van der Waals surface area contributed by atoms with Gasteiger partial charge in [0.25, 0.3) is 0 Å². The number of hydrogen-bond donors (Lipinski definition) is 1. The summed E-state index contributed by atoms with van der Waals surface area (Å²) < 4.78 is 26.9. The van der Waals surface area contributed by atoms with Crippen molar-refractivity contribution in [3.63, 3.8) is 0 Å². The zero-order valence-corrected chi connectivity index (χ0v) is 13.3. The highest BCUT2D eigenvalue weighted by atomic mass is 32.2. The van der Waals surface area contributed by atoms with Crippen LogP contribution in [0.2, 0.25) is 0 Å². The van der Waals surface area contributed by atoms with Crippen LogP contribution in [0.15, 0.2) is 24.3 Å².